The van der Waals surface area contributed by atoms with Crippen LogP contribution in [-0.2, 0) is 4.79 Å². The van der Waals surface area contributed by atoms with E-state index in [-0.39, 0.29) is 23.7 Å². The lowest BCUT2D eigenvalue weighted by atomic mass is 10.2. The van der Waals surface area contributed by atoms with Gasteiger partial charge in [-0.05, 0) is 88.4 Å². The zero-order valence-corrected chi connectivity index (χ0v) is 22.1. The first-order valence-electron chi connectivity index (χ1n) is 11.6. The number of tetrazole rings is 1. The number of nitro groups is 1. The molecule has 39 heavy (non-hydrogen) atoms. The van der Waals surface area contributed by atoms with Gasteiger partial charge < -0.3 is 4.74 Å². The van der Waals surface area contributed by atoms with Gasteiger partial charge in [-0.1, -0.05) is 36.4 Å². The molecule has 5 rings (SSSR count). The van der Waals surface area contributed by atoms with E-state index in [0.717, 1.165) is 34.0 Å². The van der Waals surface area contributed by atoms with Gasteiger partial charge in [-0.3, -0.25) is 24.6 Å². The summed E-state index contributed by atoms with van der Waals surface area (Å²) in [5.41, 5.74) is 1.98. The van der Waals surface area contributed by atoms with Gasteiger partial charge in [0.1, 0.15) is 12.4 Å². The van der Waals surface area contributed by atoms with E-state index in [1.54, 1.807) is 18.2 Å². The van der Waals surface area contributed by atoms with E-state index in [2.05, 4.69) is 15.5 Å². The van der Waals surface area contributed by atoms with E-state index in [1.807, 2.05) is 55.5 Å². The minimum Gasteiger partial charge on any atom is -0.492 e. The van der Waals surface area contributed by atoms with Gasteiger partial charge in [0.05, 0.1) is 27.0 Å². The molecule has 2 heterocycles. The first kappa shape index (κ1) is 26.1. The van der Waals surface area contributed by atoms with E-state index in [9.17, 15) is 19.7 Å². The highest BCUT2D eigenvalue weighted by atomic mass is 32.2. The van der Waals surface area contributed by atoms with Crippen molar-refractivity contribution in [3.8, 4) is 11.4 Å². The highest BCUT2D eigenvalue weighted by Crippen LogP contribution is 2.37. The SMILES string of the molecule is Cc1cccc(OCCN2C(=O)S/C(=C\c3ccc(Sc4nnnn4-c4ccccc4)c([N+](=O)[O-])c3)C2=O)c1. The number of ether oxygens (including phenoxy) is 1. The number of nitrogens with zero attached hydrogens (tertiary/aromatic N) is 6. The highest BCUT2D eigenvalue weighted by Gasteiger charge is 2.35. The maximum absolute atomic E-state index is 12.9. The number of para-hydroxylation sites is 1. The number of aryl methyl sites for hydroxylation is 1. The van der Waals surface area contributed by atoms with Crippen LogP contribution in [0, 0.1) is 17.0 Å². The number of carbonyl (C=O) groups is 2. The molecule has 0 saturated carbocycles. The quantitative estimate of drug-likeness (QED) is 0.154. The number of rotatable bonds is 9. The minimum absolute atomic E-state index is 0.0851. The fourth-order valence-corrected chi connectivity index (χ4v) is 5.47. The van der Waals surface area contributed by atoms with Crippen molar-refractivity contribution in [3.63, 3.8) is 0 Å². The van der Waals surface area contributed by atoms with Gasteiger partial charge in [0.2, 0.25) is 5.16 Å². The second-order valence-corrected chi connectivity index (χ2v) is 10.3. The topological polar surface area (TPSA) is 133 Å². The molecule has 0 spiro atoms. The fraction of sp³-hybridized carbons (Fsp3) is 0.115. The van der Waals surface area contributed by atoms with Gasteiger partial charge in [0, 0.05) is 6.07 Å². The van der Waals surface area contributed by atoms with Gasteiger partial charge in [-0.15, -0.1) is 5.10 Å². The molecule has 0 aliphatic carbocycles. The van der Waals surface area contributed by atoms with Crippen LogP contribution in [-0.4, -0.2) is 54.3 Å². The summed E-state index contributed by atoms with van der Waals surface area (Å²) >= 11 is 1.83. The van der Waals surface area contributed by atoms with Crippen LogP contribution in [0.1, 0.15) is 11.1 Å². The van der Waals surface area contributed by atoms with Crippen LogP contribution in [0.3, 0.4) is 0 Å². The molecule has 1 fully saturated rings. The molecular weight excluding hydrogens is 540 g/mol. The number of aromatic nitrogens is 4. The van der Waals surface area contributed by atoms with Crippen molar-refractivity contribution in [1.82, 2.24) is 25.1 Å². The Morgan fingerprint density at radius 3 is 2.67 bits per heavy atom. The Hall–Kier alpha value is -4.49. The van der Waals surface area contributed by atoms with E-state index < -0.39 is 16.1 Å². The third kappa shape index (κ3) is 5.99. The molecule has 13 heteroatoms. The summed E-state index contributed by atoms with van der Waals surface area (Å²) in [5.74, 6) is 0.182. The molecule has 4 aromatic rings. The summed E-state index contributed by atoms with van der Waals surface area (Å²) in [6.07, 6.45) is 1.47. The molecule has 1 aliphatic rings. The summed E-state index contributed by atoms with van der Waals surface area (Å²) in [4.78, 5) is 38.3. The molecule has 1 aromatic heterocycles. The Balaban J connectivity index is 1.31. The Morgan fingerprint density at radius 1 is 1.08 bits per heavy atom. The average molecular weight is 561 g/mol. The Labute approximate surface area is 231 Å². The standard InChI is InChI=1S/C26H20N6O5S2/c1-17-6-5-9-20(14-17)37-13-12-30-24(33)23(39-26(30)34)16-18-10-11-22(21(15-18)32(35)36)38-25-27-28-29-31(25)19-7-3-2-4-8-19/h2-11,14-16H,12-13H2,1H3/b23-16-. The van der Waals surface area contributed by atoms with Crippen molar-refractivity contribution in [2.45, 2.75) is 17.0 Å². The molecule has 1 saturated heterocycles. The largest absolute Gasteiger partial charge is 0.492 e. The van der Waals surface area contributed by atoms with Crippen molar-refractivity contribution in [1.29, 1.82) is 0 Å². The smallest absolute Gasteiger partial charge is 0.293 e. The summed E-state index contributed by atoms with van der Waals surface area (Å²) in [6.45, 7) is 2.17. The van der Waals surface area contributed by atoms with Crippen LogP contribution in [0.4, 0.5) is 10.5 Å². The molecule has 2 amide bonds. The lowest BCUT2D eigenvalue weighted by molar-refractivity contribution is -0.387. The molecule has 0 radical (unpaired) electrons. The first-order chi connectivity index (χ1) is 18.9. The van der Waals surface area contributed by atoms with Crippen molar-refractivity contribution in [2.75, 3.05) is 13.2 Å². The lowest BCUT2D eigenvalue weighted by Crippen LogP contribution is -2.32. The average Bonchev–Trinajstić information content (AvgIpc) is 3.49. The van der Waals surface area contributed by atoms with Crippen LogP contribution in [0.5, 0.6) is 5.75 Å². The number of carbonyl (C=O) groups excluding carboxylic acids is 2. The number of thioether (sulfide) groups is 1. The van der Waals surface area contributed by atoms with Gasteiger partial charge >= 0.3 is 0 Å². The fourth-order valence-electron chi connectivity index (χ4n) is 3.73. The normalized spacial score (nSPS) is 14.3. The number of benzene rings is 3. The van der Waals surface area contributed by atoms with Crippen molar-refractivity contribution in [2.24, 2.45) is 0 Å². The summed E-state index contributed by atoms with van der Waals surface area (Å²) < 4.78 is 7.15. The number of hydrogen-bond donors (Lipinski definition) is 0. The highest BCUT2D eigenvalue weighted by molar-refractivity contribution is 8.18. The predicted octanol–water partition coefficient (Wildman–Crippen LogP) is 5.15. The predicted molar refractivity (Wildman–Crippen MR) is 146 cm³/mol. The summed E-state index contributed by atoms with van der Waals surface area (Å²) in [5, 5.41) is 23.5. The number of nitro benzene ring substituents is 1. The van der Waals surface area contributed by atoms with Crippen molar-refractivity contribution < 1.29 is 19.2 Å². The maximum Gasteiger partial charge on any atom is 0.293 e. The second-order valence-electron chi connectivity index (χ2n) is 8.29. The van der Waals surface area contributed by atoms with E-state index in [4.69, 9.17) is 4.74 Å². The van der Waals surface area contributed by atoms with Gasteiger partial charge in [-0.25, -0.2) is 0 Å². The molecular formula is C26H20N6O5S2. The number of amides is 2. The van der Waals surface area contributed by atoms with Gasteiger partial charge in [0.25, 0.3) is 16.8 Å². The molecule has 0 unspecified atom stereocenters. The summed E-state index contributed by atoms with van der Waals surface area (Å²) in [6, 6.07) is 21.2. The Morgan fingerprint density at radius 2 is 1.90 bits per heavy atom. The third-order valence-electron chi connectivity index (χ3n) is 5.57. The van der Waals surface area contributed by atoms with Crippen LogP contribution >= 0.6 is 23.5 Å². The molecule has 3 aromatic carbocycles. The molecule has 11 nitrogen and oxygen atoms in total. The molecule has 0 bridgehead atoms. The Bertz CT molecular complexity index is 1590. The van der Waals surface area contributed by atoms with Crippen LogP contribution in [0.25, 0.3) is 11.8 Å². The third-order valence-corrected chi connectivity index (χ3v) is 7.48. The van der Waals surface area contributed by atoms with E-state index in [1.165, 1.54) is 16.8 Å². The zero-order chi connectivity index (χ0) is 27.4. The minimum atomic E-state index is -0.509. The lowest BCUT2D eigenvalue weighted by Gasteiger charge is -2.13. The first-order valence-corrected chi connectivity index (χ1v) is 13.3. The van der Waals surface area contributed by atoms with E-state index in [0.29, 0.717) is 27.1 Å². The molecule has 0 N–H and O–H groups in total. The number of imide groups is 1. The Kier molecular flexibility index (Phi) is 7.70. The van der Waals surface area contributed by atoms with Crippen molar-refractivity contribution >= 4 is 46.4 Å². The van der Waals surface area contributed by atoms with Crippen molar-refractivity contribution in [3.05, 3.63) is 98.9 Å². The number of hydrogen-bond acceptors (Lipinski definition) is 10. The molecule has 196 valence electrons. The molecule has 0 atom stereocenters. The molecule has 1 aliphatic heterocycles. The zero-order valence-electron chi connectivity index (χ0n) is 20.5. The van der Waals surface area contributed by atoms with Gasteiger partial charge in [0.15, 0.2) is 0 Å². The van der Waals surface area contributed by atoms with E-state index >= 15 is 0 Å². The van der Waals surface area contributed by atoms with Gasteiger partial charge in [-0.2, -0.15) is 4.68 Å². The summed E-state index contributed by atoms with van der Waals surface area (Å²) in [7, 11) is 0. The monoisotopic (exact) mass is 560 g/mol. The van der Waals surface area contributed by atoms with Crippen LogP contribution < -0.4 is 4.74 Å². The van der Waals surface area contributed by atoms with Crippen LogP contribution in [0.2, 0.25) is 0 Å². The maximum atomic E-state index is 12.9. The second kappa shape index (κ2) is 11.5. The van der Waals surface area contributed by atoms with Crippen LogP contribution in [0.15, 0.2) is 87.8 Å².